The van der Waals surface area contributed by atoms with Crippen molar-refractivity contribution >= 4 is 49.2 Å². The minimum Gasteiger partial charge on any atom is -0.392 e. The van der Waals surface area contributed by atoms with Crippen molar-refractivity contribution in [1.82, 2.24) is 4.72 Å². The average Bonchev–Trinajstić information content (AvgIpc) is 2.26. The van der Waals surface area contributed by atoms with Crippen molar-refractivity contribution in [2.45, 2.75) is 37.3 Å². The number of sulfonamides is 1. The summed E-state index contributed by atoms with van der Waals surface area (Å²) >= 11 is 15.2. The van der Waals surface area contributed by atoms with Crippen LogP contribution in [0.15, 0.2) is 21.5 Å². The van der Waals surface area contributed by atoms with E-state index in [1.807, 2.05) is 0 Å². The third kappa shape index (κ3) is 2.87. The van der Waals surface area contributed by atoms with Crippen molar-refractivity contribution in [1.29, 1.82) is 0 Å². The number of aliphatic hydroxyl groups is 1. The van der Waals surface area contributed by atoms with Crippen LogP contribution in [0.25, 0.3) is 0 Å². The first-order chi connectivity index (χ1) is 9.05. The lowest BCUT2D eigenvalue weighted by molar-refractivity contribution is -0.0645. The topological polar surface area (TPSA) is 66.4 Å². The van der Waals surface area contributed by atoms with Gasteiger partial charge in [0.05, 0.1) is 16.1 Å². The quantitative estimate of drug-likeness (QED) is 0.815. The Balaban J connectivity index is 2.33. The molecule has 0 saturated heterocycles. The molecule has 0 amide bonds. The smallest absolute Gasteiger partial charge is 0.243 e. The molecular weight excluding hydrogens is 389 g/mol. The fourth-order valence-corrected chi connectivity index (χ4v) is 5.48. The highest BCUT2D eigenvalue weighted by molar-refractivity contribution is 9.10. The summed E-state index contributed by atoms with van der Waals surface area (Å²) < 4.78 is 28.0. The van der Waals surface area contributed by atoms with E-state index < -0.39 is 21.5 Å². The molecule has 1 aliphatic rings. The van der Waals surface area contributed by atoms with Gasteiger partial charge >= 0.3 is 0 Å². The van der Waals surface area contributed by atoms with Crippen LogP contribution in [0.5, 0.6) is 0 Å². The predicted molar refractivity (Wildman–Crippen MR) is 82.7 cm³/mol. The molecule has 0 aromatic heterocycles. The number of halogens is 3. The summed E-state index contributed by atoms with van der Waals surface area (Å²) in [6.07, 6.45) is -0.149. The van der Waals surface area contributed by atoms with Crippen molar-refractivity contribution in [3.63, 3.8) is 0 Å². The number of benzene rings is 1. The Morgan fingerprint density at radius 3 is 2.25 bits per heavy atom. The average molecular weight is 403 g/mol. The van der Waals surface area contributed by atoms with Gasteiger partial charge in [-0.05, 0) is 18.6 Å². The second-order valence-corrected chi connectivity index (χ2v) is 8.83. The molecule has 1 aromatic rings. The highest BCUT2D eigenvalue weighted by Crippen LogP contribution is 2.42. The molecule has 2 rings (SSSR count). The van der Waals surface area contributed by atoms with Crippen molar-refractivity contribution in [3.8, 4) is 0 Å². The molecule has 0 aliphatic heterocycles. The van der Waals surface area contributed by atoms with Gasteiger partial charge in [0.25, 0.3) is 0 Å². The zero-order valence-corrected chi connectivity index (χ0v) is 14.7. The minimum atomic E-state index is -3.84. The maximum absolute atomic E-state index is 12.4. The van der Waals surface area contributed by atoms with Gasteiger partial charge in [-0.25, -0.2) is 13.1 Å². The van der Waals surface area contributed by atoms with Crippen LogP contribution in [-0.4, -0.2) is 25.7 Å². The monoisotopic (exact) mass is 401 g/mol. The molecular formula is C12H14BrCl2NO3S. The maximum atomic E-state index is 12.4. The van der Waals surface area contributed by atoms with E-state index in [0.29, 0.717) is 10.9 Å². The summed E-state index contributed by atoms with van der Waals surface area (Å²) in [6, 6.07) is 2.60. The second kappa shape index (κ2) is 5.41. The normalized spacial score (nSPS) is 25.3. The van der Waals surface area contributed by atoms with Crippen LogP contribution in [0.3, 0.4) is 0 Å². The Morgan fingerprint density at radius 2 is 1.85 bits per heavy atom. The number of hydrogen-bond acceptors (Lipinski definition) is 3. The standard InChI is InChI=1S/C12H14BrCl2NO3S/c1-12(2)9(5-10(12)17)16-20(18,19)11-7(14)3-6(13)4-8(11)15/h3-4,9-10,16-17H,5H2,1-2H3. The Bertz CT molecular complexity index is 625. The number of aliphatic hydroxyl groups excluding tert-OH is 1. The van der Waals surface area contributed by atoms with E-state index in [1.54, 1.807) is 13.8 Å². The minimum absolute atomic E-state index is 0.0505. The van der Waals surface area contributed by atoms with Crippen molar-refractivity contribution in [3.05, 3.63) is 26.7 Å². The lowest BCUT2D eigenvalue weighted by atomic mass is 9.65. The molecule has 0 heterocycles. The van der Waals surface area contributed by atoms with E-state index >= 15 is 0 Å². The molecule has 4 nitrogen and oxygen atoms in total. The van der Waals surface area contributed by atoms with Gasteiger partial charge in [0.1, 0.15) is 4.90 Å². The molecule has 1 aromatic carbocycles. The van der Waals surface area contributed by atoms with Gasteiger partial charge in [-0.1, -0.05) is 53.0 Å². The first-order valence-corrected chi connectivity index (χ1v) is 8.94. The molecule has 1 saturated carbocycles. The van der Waals surface area contributed by atoms with Crippen LogP contribution in [0, 0.1) is 5.41 Å². The van der Waals surface area contributed by atoms with E-state index in [1.165, 1.54) is 12.1 Å². The fraction of sp³-hybridized carbons (Fsp3) is 0.500. The van der Waals surface area contributed by atoms with Gasteiger partial charge in [-0.2, -0.15) is 0 Å². The predicted octanol–water partition coefficient (Wildman–Crippen LogP) is 3.19. The van der Waals surface area contributed by atoms with Crippen molar-refractivity contribution in [2.24, 2.45) is 5.41 Å². The van der Waals surface area contributed by atoms with E-state index in [2.05, 4.69) is 20.7 Å². The van der Waals surface area contributed by atoms with Crippen molar-refractivity contribution in [2.75, 3.05) is 0 Å². The zero-order valence-electron chi connectivity index (χ0n) is 10.8. The molecule has 20 heavy (non-hydrogen) atoms. The van der Waals surface area contributed by atoms with Crippen LogP contribution in [0.1, 0.15) is 20.3 Å². The zero-order chi connectivity index (χ0) is 15.3. The van der Waals surface area contributed by atoms with Gasteiger partial charge in [-0.15, -0.1) is 0 Å². The van der Waals surface area contributed by atoms with Crippen molar-refractivity contribution < 1.29 is 13.5 Å². The van der Waals surface area contributed by atoms with Crippen LogP contribution in [0.4, 0.5) is 0 Å². The summed E-state index contributed by atoms with van der Waals surface area (Å²) in [7, 11) is -3.84. The summed E-state index contributed by atoms with van der Waals surface area (Å²) in [5.74, 6) is 0. The largest absolute Gasteiger partial charge is 0.392 e. The van der Waals surface area contributed by atoms with Gasteiger partial charge in [0.2, 0.25) is 10.0 Å². The molecule has 0 radical (unpaired) electrons. The molecule has 2 unspecified atom stereocenters. The van der Waals surface area contributed by atoms with E-state index in [9.17, 15) is 13.5 Å². The van der Waals surface area contributed by atoms with E-state index in [0.717, 1.165) is 0 Å². The highest BCUT2D eigenvalue weighted by Gasteiger charge is 2.49. The fourth-order valence-electron chi connectivity index (χ4n) is 2.13. The Morgan fingerprint density at radius 1 is 1.35 bits per heavy atom. The first kappa shape index (κ1) is 16.5. The second-order valence-electron chi connectivity index (χ2n) is 5.45. The van der Waals surface area contributed by atoms with Crippen LogP contribution in [-0.2, 0) is 10.0 Å². The molecule has 2 atom stereocenters. The van der Waals surface area contributed by atoms with E-state index in [-0.39, 0.29) is 21.0 Å². The van der Waals surface area contributed by atoms with Gasteiger partial charge in [-0.3, -0.25) is 0 Å². The molecule has 0 spiro atoms. The summed E-state index contributed by atoms with van der Waals surface area (Å²) in [5.41, 5.74) is -0.513. The molecule has 8 heteroatoms. The summed E-state index contributed by atoms with van der Waals surface area (Å²) in [5, 5.41) is 9.77. The summed E-state index contributed by atoms with van der Waals surface area (Å²) in [6.45, 7) is 3.61. The number of nitrogens with one attached hydrogen (secondary N) is 1. The SMILES string of the molecule is CC1(C)C(O)CC1NS(=O)(=O)c1c(Cl)cc(Br)cc1Cl. The van der Waals surface area contributed by atoms with Crippen LogP contribution >= 0.6 is 39.1 Å². The first-order valence-electron chi connectivity index (χ1n) is 5.90. The molecule has 1 aliphatic carbocycles. The lowest BCUT2D eigenvalue weighted by Gasteiger charge is -2.49. The Hall–Kier alpha value is 0.150. The molecule has 1 fully saturated rings. The summed E-state index contributed by atoms with van der Waals surface area (Å²) in [4.78, 5) is -0.138. The molecule has 112 valence electrons. The molecule has 2 N–H and O–H groups in total. The maximum Gasteiger partial charge on any atom is 0.243 e. The Labute approximate surface area is 136 Å². The Kier molecular flexibility index (Phi) is 4.47. The van der Waals surface area contributed by atoms with Gasteiger partial charge in [0, 0.05) is 15.9 Å². The third-order valence-electron chi connectivity index (χ3n) is 3.75. The lowest BCUT2D eigenvalue weighted by Crippen LogP contribution is -2.61. The number of rotatable bonds is 3. The van der Waals surface area contributed by atoms with Crippen LogP contribution in [0.2, 0.25) is 10.0 Å². The third-order valence-corrected chi connectivity index (χ3v) is 6.60. The highest BCUT2D eigenvalue weighted by atomic mass is 79.9. The molecule has 0 bridgehead atoms. The van der Waals surface area contributed by atoms with Gasteiger partial charge in [0.15, 0.2) is 0 Å². The number of hydrogen-bond donors (Lipinski definition) is 2. The van der Waals surface area contributed by atoms with Gasteiger partial charge < -0.3 is 5.11 Å². The van der Waals surface area contributed by atoms with E-state index in [4.69, 9.17) is 23.2 Å². The van der Waals surface area contributed by atoms with Crippen LogP contribution < -0.4 is 4.72 Å².